The van der Waals surface area contributed by atoms with E-state index in [9.17, 15) is 9.90 Å². The van der Waals surface area contributed by atoms with Crippen LogP contribution in [0.4, 0.5) is 0 Å². The number of rotatable bonds is 3. The maximum absolute atomic E-state index is 12.0. The second kappa shape index (κ2) is 5.33. The van der Waals surface area contributed by atoms with Crippen LogP contribution in [0.15, 0.2) is 0 Å². The molecule has 2 aliphatic rings. The standard InChI is InChI=1S/C12H22N2O3/c13-12(4-6-17-7-5-12)11(16)14-8-9-2-1-3-10(9)15/h9-10,15H,1-8,13H2,(H,14,16). The highest BCUT2D eigenvalue weighted by Gasteiger charge is 2.36. The number of carbonyl (C=O) groups excluding carboxylic acids is 1. The fourth-order valence-electron chi connectivity index (χ4n) is 2.62. The average molecular weight is 242 g/mol. The van der Waals surface area contributed by atoms with E-state index in [0.717, 1.165) is 19.3 Å². The second-order valence-electron chi connectivity index (χ2n) is 5.24. The van der Waals surface area contributed by atoms with Gasteiger partial charge in [0.1, 0.15) is 0 Å². The number of carbonyl (C=O) groups is 1. The Morgan fingerprint density at radius 1 is 1.41 bits per heavy atom. The van der Waals surface area contributed by atoms with Crippen molar-refractivity contribution in [1.29, 1.82) is 0 Å². The highest BCUT2D eigenvalue weighted by molar-refractivity contribution is 5.86. The Morgan fingerprint density at radius 2 is 2.12 bits per heavy atom. The van der Waals surface area contributed by atoms with E-state index in [-0.39, 0.29) is 17.9 Å². The lowest BCUT2D eigenvalue weighted by atomic mass is 9.90. The summed E-state index contributed by atoms with van der Waals surface area (Å²) in [7, 11) is 0. The van der Waals surface area contributed by atoms with Gasteiger partial charge >= 0.3 is 0 Å². The molecule has 4 N–H and O–H groups in total. The molecule has 2 rings (SSSR count). The van der Waals surface area contributed by atoms with Gasteiger partial charge in [-0.1, -0.05) is 6.42 Å². The molecule has 0 bridgehead atoms. The summed E-state index contributed by atoms with van der Waals surface area (Å²) in [5.74, 6) is 0.0993. The first-order chi connectivity index (χ1) is 8.12. The minimum absolute atomic E-state index is 0.0973. The number of aliphatic hydroxyl groups excluding tert-OH is 1. The van der Waals surface area contributed by atoms with Crippen molar-refractivity contribution < 1.29 is 14.6 Å². The van der Waals surface area contributed by atoms with Crippen molar-refractivity contribution in [3.63, 3.8) is 0 Å². The maximum Gasteiger partial charge on any atom is 0.240 e. The van der Waals surface area contributed by atoms with Gasteiger partial charge in [0.25, 0.3) is 0 Å². The number of hydrogen-bond donors (Lipinski definition) is 3. The summed E-state index contributed by atoms with van der Waals surface area (Å²) in [6.45, 7) is 1.64. The Hall–Kier alpha value is -0.650. The van der Waals surface area contributed by atoms with E-state index in [1.165, 1.54) is 0 Å². The van der Waals surface area contributed by atoms with E-state index < -0.39 is 5.54 Å². The van der Waals surface area contributed by atoms with Crippen LogP contribution in [-0.4, -0.2) is 42.4 Å². The van der Waals surface area contributed by atoms with Crippen LogP contribution in [-0.2, 0) is 9.53 Å². The lowest BCUT2D eigenvalue weighted by Gasteiger charge is -2.32. The van der Waals surface area contributed by atoms with E-state index in [0.29, 0.717) is 32.6 Å². The maximum atomic E-state index is 12.0. The zero-order chi connectivity index (χ0) is 12.3. The molecule has 5 nitrogen and oxygen atoms in total. The lowest BCUT2D eigenvalue weighted by Crippen LogP contribution is -2.57. The highest BCUT2D eigenvalue weighted by Crippen LogP contribution is 2.25. The molecule has 1 heterocycles. The predicted octanol–water partition coefficient (Wildman–Crippen LogP) is -0.229. The molecule has 1 saturated heterocycles. The summed E-state index contributed by atoms with van der Waals surface area (Å²) >= 11 is 0. The highest BCUT2D eigenvalue weighted by atomic mass is 16.5. The lowest BCUT2D eigenvalue weighted by molar-refractivity contribution is -0.130. The van der Waals surface area contributed by atoms with E-state index >= 15 is 0 Å². The fraction of sp³-hybridized carbons (Fsp3) is 0.917. The van der Waals surface area contributed by atoms with Crippen LogP contribution in [0.1, 0.15) is 32.1 Å². The number of nitrogens with one attached hydrogen (secondary N) is 1. The first-order valence-electron chi connectivity index (χ1n) is 6.45. The Balaban J connectivity index is 1.80. The van der Waals surface area contributed by atoms with Crippen LogP contribution in [0.25, 0.3) is 0 Å². The fourth-order valence-corrected chi connectivity index (χ4v) is 2.62. The number of hydrogen-bond acceptors (Lipinski definition) is 4. The van der Waals surface area contributed by atoms with Crippen molar-refractivity contribution in [2.24, 2.45) is 11.7 Å². The molecule has 2 atom stereocenters. The van der Waals surface area contributed by atoms with Crippen molar-refractivity contribution >= 4 is 5.91 Å². The molecular formula is C12H22N2O3. The van der Waals surface area contributed by atoms with Gasteiger partial charge in [0.2, 0.25) is 5.91 Å². The Morgan fingerprint density at radius 3 is 2.71 bits per heavy atom. The Bertz CT molecular complexity index is 277. The molecule has 17 heavy (non-hydrogen) atoms. The molecule has 0 aromatic rings. The first kappa shape index (κ1) is 12.8. The van der Waals surface area contributed by atoms with E-state index in [1.54, 1.807) is 0 Å². The molecule has 2 unspecified atom stereocenters. The molecule has 1 aliphatic heterocycles. The van der Waals surface area contributed by atoms with Crippen LogP contribution in [0, 0.1) is 5.92 Å². The molecule has 1 aliphatic carbocycles. The summed E-state index contributed by atoms with van der Waals surface area (Å²) in [5, 5.41) is 12.6. The minimum Gasteiger partial charge on any atom is -0.393 e. The summed E-state index contributed by atoms with van der Waals surface area (Å²) in [6, 6.07) is 0. The van der Waals surface area contributed by atoms with Gasteiger partial charge in [-0.05, 0) is 25.7 Å². The van der Waals surface area contributed by atoms with Crippen molar-refractivity contribution in [3.8, 4) is 0 Å². The monoisotopic (exact) mass is 242 g/mol. The topological polar surface area (TPSA) is 84.6 Å². The summed E-state index contributed by atoms with van der Waals surface area (Å²) < 4.78 is 5.21. The normalized spacial score (nSPS) is 32.4. The van der Waals surface area contributed by atoms with Crippen LogP contribution in [0.5, 0.6) is 0 Å². The molecule has 2 fully saturated rings. The van der Waals surface area contributed by atoms with E-state index in [2.05, 4.69) is 5.32 Å². The third-order valence-electron chi connectivity index (χ3n) is 3.98. The van der Waals surface area contributed by atoms with Gasteiger partial charge in [-0.15, -0.1) is 0 Å². The van der Waals surface area contributed by atoms with Gasteiger partial charge in [0.15, 0.2) is 0 Å². The zero-order valence-electron chi connectivity index (χ0n) is 10.2. The molecule has 0 aromatic heterocycles. The molecule has 1 saturated carbocycles. The summed E-state index contributed by atoms with van der Waals surface area (Å²) in [5.41, 5.74) is 5.29. The van der Waals surface area contributed by atoms with Crippen molar-refractivity contribution in [2.45, 2.75) is 43.7 Å². The predicted molar refractivity (Wildman–Crippen MR) is 63.3 cm³/mol. The third kappa shape index (κ3) is 2.97. The van der Waals surface area contributed by atoms with Gasteiger partial charge < -0.3 is 20.9 Å². The number of amides is 1. The Labute approximate surface area is 102 Å². The Kier molecular flexibility index (Phi) is 4.01. The SMILES string of the molecule is NC1(C(=O)NCC2CCCC2O)CCOCC1. The van der Waals surface area contributed by atoms with Gasteiger partial charge in [-0.3, -0.25) is 4.79 Å². The summed E-state index contributed by atoms with van der Waals surface area (Å²) in [4.78, 5) is 12.0. The largest absolute Gasteiger partial charge is 0.393 e. The van der Waals surface area contributed by atoms with Crippen LogP contribution in [0.3, 0.4) is 0 Å². The number of aliphatic hydroxyl groups is 1. The molecular weight excluding hydrogens is 220 g/mol. The van der Waals surface area contributed by atoms with E-state index in [4.69, 9.17) is 10.5 Å². The van der Waals surface area contributed by atoms with Crippen LogP contribution >= 0.6 is 0 Å². The molecule has 98 valence electrons. The van der Waals surface area contributed by atoms with Gasteiger partial charge in [-0.25, -0.2) is 0 Å². The van der Waals surface area contributed by atoms with Crippen LogP contribution in [0.2, 0.25) is 0 Å². The van der Waals surface area contributed by atoms with Crippen LogP contribution < -0.4 is 11.1 Å². The third-order valence-corrected chi connectivity index (χ3v) is 3.98. The van der Waals surface area contributed by atoms with Crippen molar-refractivity contribution in [3.05, 3.63) is 0 Å². The minimum atomic E-state index is -0.776. The molecule has 0 aromatic carbocycles. The summed E-state index contributed by atoms with van der Waals surface area (Å²) in [6.07, 6.45) is 3.77. The van der Waals surface area contributed by atoms with Crippen molar-refractivity contribution in [1.82, 2.24) is 5.32 Å². The average Bonchev–Trinajstić information content (AvgIpc) is 2.73. The molecule has 5 heteroatoms. The first-order valence-corrected chi connectivity index (χ1v) is 6.45. The number of nitrogens with two attached hydrogens (primary N) is 1. The second-order valence-corrected chi connectivity index (χ2v) is 5.24. The van der Waals surface area contributed by atoms with Gasteiger partial charge in [0.05, 0.1) is 11.6 Å². The molecule has 0 radical (unpaired) electrons. The van der Waals surface area contributed by atoms with E-state index in [1.807, 2.05) is 0 Å². The number of ether oxygens (including phenoxy) is 1. The van der Waals surface area contributed by atoms with Crippen molar-refractivity contribution in [2.75, 3.05) is 19.8 Å². The zero-order valence-corrected chi connectivity index (χ0v) is 10.2. The quantitative estimate of drug-likeness (QED) is 0.638. The van der Waals surface area contributed by atoms with Gasteiger partial charge in [0, 0.05) is 25.7 Å². The molecule has 0 spiro atoms. The smallest absolute Gasteiger partial charge is 0.240 e. The van der Waals surface area contributed by atoms with Gasteiger partial charge in [-0.2, -0.15) is 0 Å². The molecule has 1 amide bonds.